The first-order valence-corrected chi connectivity index (χ1v) is 7.58. The highest BCUT2D eigenvalue weighted by Crippen LogP contribution is 2.24. The van der Waals surface area contributed by atoms with Crippen LogP contribution in [0.15, 0.2) is 0 Å². The lowest BCUT2D eigenvalue weighted by molar-refractivity contribution is -0.139. The number of hydrogen-bond donors (Lipinski definition) is 2. The SMILES string of the molecule is N[C@@H](CCC(=O)N1CCN(C2CCCC2)CC1)C(=O)O. The summed E-state index contributed by atoms with van der Waals surface area (Å²) in [6, 6.07) is -0.216. The largest absolute Gasteiger partial charge is 0.480 e. The molecule has 2 fully saturated rings. The van der Waals surface area contributed by atoms with Gasteiger partial charge in [0.05, 0.1) is 0 Å². The molecular weight excluding hydrogens is 258 g/mol. The highest BCUT2D eigenvalue weighted by atomic mass is 16.4. The predicted octanol–water partition coefficient (Wildman–Crippen LogP) is 0.265. The summed E-state index contributed by atoms with van der Waals surface area (Å²) >= 11 is 0. The van der Waals surface area contributed by atoms with Gasteiger partial charge in [-0.3, -0.25) is 14.5 Å². The first-order valence-electron chi connectivity index (χ1n) is 7.58. The van der Waals surface area contributed by atoms with Gasteiger partial charge >= 0.3 is 5.97 Å². The van der Waals surface area contributed by atoms with Crippen molar-refractivity contribution in [1.29, 1.82) is 0 Å². The zero-order chi connectivity index (χ0) is 14.5. The molecule has 0 aromatic carbocycles. The van der Waals surface area contributed by atoms with Crippen LogP contribution in [-0.2, 0) is 9.59 Å². The minimum atomic E-state index is -1.04. The summed E-state index contributed by atoms with van der Waals surface area (Å²) in [7, 11) is 0. The van der Waals surface area contributed by atoms with E-state index in [0.717, 1.165) is 26.2 Å². The Kier molecular flexibility index (Phi) is 5.37. The van der Waals surface area contributed by atoms with Crippen LogP contribution < -0.4 is 5.73 Å². The molecule has 0 aromatic rings. The first kappa shape index (κ1) is 15.3. The van der Waals surface area contributed by atoms with E-state index in [4.69, 9.17) is 10.8 Å². The average molecular weight is 283 g/mol. The highest BCUT2D eigenvalue weighted by molar-refractivity contribution is 5.78. The normalized spacial score (nSPS) is 22.9. The maximum Gasteiger partial charge on any atom is 0.320 e. The van der Waals surface area contributed by atoms with Gasteiger partial charge in [-0.05, 0) is 19.3 Å². The van der Waals surface area contributed by atoms with Gasteiger partial charge in [0.15, 0.2) is 0 Å². The lowest BCUT2D eigenvalue weighted by atomic mass is 10.1. The minimum Gasteiger partial charge on any atom is -0.480 e. The van der Waals surface area contributed by atoms with Gasteiger partial charge in [0.1, 0.15) is 6.04 Å². The lowest BCUT2D eigenvalue weighted by Crippen LogP contribution is -2.51. The standard InChI is InChI=1S/C14H25N3O3/c15-12(14(19)20)5-6-13(18)17-9-7-16(8-10-17)11-3-1-2-4-11/h11-12H,1-10,15H2,(H,19,20)/t12-/m0/s1. The number of amides is 1. The van der Waals surface area contributed by atoms with Gasteiger partial charge in [0.25, 0.3) is 0 Å². The molecule has 6 nitrogen and oxygen atoms in total. The molecule has 1 aliphatic carbocycles. The van der Waals surface area contributed by atoms with Crippen molar-refractivity contribution in [2.45, 2.75) is 50.6 Å². The van der Waals surface area contributed by atoms with E-state index in [2.05, 4.69) is 4.90 Å². The van der Waals surface area contributed by atoms with Gasteiger partial charge in [-0.15, -0.1) is 0 Å². The Morgan fingerprint density at radius 3 is 2.30 bits per heavy atom. The van der Waals surface area contributed by atoms with Gasteiger partial charge in [0, 0.05) is 38.6 Å². The Hall–Kier alpha value is -1.14. The summed E-state index contributed by atoms with van der Waals surface area (Å²) < 4.78 is 0. The van der Waals surface area contributed by atoms with Crippen molar-refractivity contribution in [3.05, 3.63) is 0 Å². The molecule has 6 heteroatoms. The zero-order valence-electron chi connectivity index (χ0n) is 12.0. The third kappa shape index (κ3) is 3.93. The number of nitrogens with two attached hydrogens (primary N) is 1. The summed E-state index contributed by atoms with van der Waals surface area (Å²) in [4.78, 5) is 27.0. The summed E-state index contributed by atoms with van der Waals surface area (Å²) in [5, 5.41) is 8.70. The van der Waals surface area contributed by atoms with Crippen LogP contribution in [0.3, 0.4) is 0 Å². The van der Waals surface area contributed by atoms with Crippen LogP contribution in [0.4, 0.5) is 0 Å². The van der Waals surface area contributed by atoms with Crippen molar-refractivity contribution in [2.75, 3.05) is 26.2 Å². The smallest absolute Gasteiger partial charge is 0.320 e. The Morgan fingerprint density at radius 1 is 1.15 bits per heavy atom. The second-order valence-electron chi connectivity index (χ2n) is 5.84. The Bertz CT molecular complexity index is 348. The summed E-state index contributed by atoms with van der Waals surface area (Å²) in [6.45, 7) is 3.41. The number of hydrogen-bond acceptors (Lipinski definition) is 4. The van der Waals surface area contributed by atoms with E-state index < -0.39 is 12.0 Å². The van der Waals surface area contributed by atoms with Gasteiger partial charge < -0.3 is 15.7 Å². The molecule has 2 rings (SSSR count). The quantitative estimate of drug-likeness (QED) is 0.756. The molecule has 1 heterocycles. The summed E-state index contributed by atoms with van der Waals surface area (Å²) in [6.07, 6.45) is 5.70. The molecule has 0 bridgehead atoms. The monoisotopic (exact) mass is 283 g/mol. The molecule has 2 aliphatic rings. The number of piperazine rings is 1. The third-order valence-electron chi connectivity index (χ3n) is 4.49. The molecule has 0 unspecified atom stereocenters. The van der Waals surface area contributed by atoms with Gasteiger partial charge in [-0.2, -0.15) is 0 Å². The van der Waals surface area contributed by atoms with Crippen molar-refractivity contribution < 1.29 is 14.7 Å². The number of carbonyl (C=O) groups is 2. The molecule has 1 saturated carbocycles. The van der Waals surface area contributed by atoms with Crippen molar-refractivity contribution in [3.8, 4) is 0 Å². The number of carboxylic acid groups (broad SMARTS) is 1. The van der Waals surface area contributed by atoms with Crippen LogP contribution in [0.1, 0.15) is 38.5 Å². The highest BCUT2D eigenvalue weighted by Gasteiger charge is 2.28. The van der Waals surface area contributed by atoms with Crippen LogP contribution >= 0.6 is 0 Å². The molecule has 1 saturated heterocycles. The van der Waals surface area contributed by atoms with Crippen molar-refractivity contribution in [2.24, 2.45) is 5.73 Å². The van der Waals surface area contributed by atoms with Crippen LogP contribution in [-0.4, -0.2) is 65.0 Å². The molecule has 3 N–H and O–H groups in total. The average Bonchev–Trinajstić information content (AvgIpc) is 2.98. The van der Waals surface area contributed by atoms with E-state index in [9.17, 15) is 9.59 Å². The molecule has 0 radical (unpaired) electrons. The molecule has 114 valence electrons. The van der Waals surface area contributed by atoms with E-state index in [1.165, 1.54) is 25.7 Å². The lowest BCUT2D eigenvalue weighted by Gasteiger charge is -2.38. The topological polar surface area (TPSA) is 86.9 Å². The molecule has 0 spiro atoms. The van der Waals surface area contributed by atoms with Gasteiger partial charge in [-0.1, -0.05) is 12.8 Å². The second kappa shape index (κ2) is 7.04. The molecule has 20 heavy (non-hydrogen) atoms. The fourth-order valence-electron chi connectivity index (χ4n) is 3.17. The third-order valence-corrected chi connectivity index (χ3v) is 4.49. The van der Waals surface area contributed by atoms with E-state index >= 15 is 0 Å². The van der Waals surface area contributed by atoms with Crippen molar-refractivity contribution in [1.82, 2.24) is 9.80 Å². The van der Waals surface area contributed by atoms with E-state index in [-0.39, 0.29) is 18.7 Å². The van der Waals surface area contributed by atoms with Crippen LogP contribution in [0.25, 0.3) is 0 Å². The molecule has 1 amide bonds. The number of nitrogens with zero attached hydrogens (tertiary/aromatic N) is 2. The maximum absolute atomic E-state index is 12.0. The summed E-state index contributed by atoms with van der Waals surface area (Å²) in [5.74, 6) is -1.00. The number of aliphatic carboxylic acids is 1. The molecule has 0 aromatic heterocycles. The molecule has 1 aliphatic heterocycles. The summed E-state index contributed by atoms with van der Waals surface area (Å²) in [5.41, 5.74) is 5.42. The van der Waals surface area contributed by atoms with Crippen LogP contribution in [0.2, 0.25) is 0 Å². The van der Waals surface area contributed by atoms with E-state index in [1.54, 1.807) is 0 Å². The van der Waals surface area contributed by atoms with Gasteiger partial charge in [0.2, 0.25) is 5.91 Å². The van der Waals surface area contributed by atoms with Crippen LogP contribution in [0, 0.1) is 0 Å². The van der Waals surface area contributed by atoms with E-state index in [1.807, 2.05) is 4.90 Å². The number of carboxylic acids is 1. The van der Waals surface area contributed by atoms with Crippen molar-refractivity contribution in [3.63, 3.8) is 0 Å². The zero-order valence-corrected chi connectivity index (χ0v) is 12.0. The van der Waals surface area contributed by atoms with Gasteiger partial charge in [-0.25, -0.2) is 0 Å². The Morgan fingerprint density at radius 2 is 1.75 bits per heavy atom. The van der Waals surface area contributed by atoms with Crippen molar-refractivity contribution >= 4 is 11.9 Å². The maximum atomic E-state index is 12.0. The number of carbonyl (C=O) groups excluding carboxylic acids is 1. The first-order chi connectivity index (χ1) is 9.58. The second-order valence-corrected chi connectivity index (χ2v) is 5.84. The van der Waals surface area contributed by atoms with E-state index in [0.29, 0.717) is 6.04 Å². The Balaban J connectivity index is 1.70. The minimum absolute atomic E-state index is 0.0350. The molecular formula is C14H25N3O3. The predicted molar refractivity (Wildman–Crippen MR) is 75.3 cm³/mol. The Labute approximate surface area is 119 Å². The van der Waals surface area contributed by atoms with Crippen LogP contribution in [0.5, 0.6) is 0 Å². The fraction of sp³-hybridized carbons (Fsp3) is 0.857. The number of rotatable bonds is 5. The molecule has 1 atom stereocenters. The fourth-order valence-corrected chi connectivity index (χ4v) is 3.17.